The average molecular weight is 268 g/mol. The molecule has 1 heterocycles. The maximum absolute atomic E-state index is 11.6. The maximum Gasteiger partial charge on any atom is 0.331 e. The lowest BCUT2D eigenvalue weighted by Gasteiger charge is -2.22. The molecule has 2 rings (SSSR count). The van der Waals surface area contributed by atoms with Crippen LogP contribution < -0.4 is 11.2 Å². The molecule has 1 aromatic heterocycles. The van der Waals surface area contributed by atoms with Gasteiger partial charge in [0.2, 0.25) is 5.88 Å². The van der Waals surface area contributed by atoms with Crippen LogP contribution in [0.15, 0.2) is 9.59 Å². The van der Waals surface area contributed by atoms with Crippen molar-refractivity contribution in [3.05, 3.63) is 26.4 Å². The van der Waals surface area contributed by atoms with Gasteiger partial charge in [-0.3, -0.25) is 14.3 Å². The highest BCUT2D eigenvalue weighted by atomic mass is 16.5. The lowest BCUT2D eigenvalue weighted by atomic mass is 9.98. The summed E-state index contributed by atoms with van der Waals surface area (Å²) in [5.41, 5.74) is -0.996. The molecular formula is C13H20N2O4. The fourth-order valence-corrected chi connectivity index (χ4v) is 2.41. The van der Waals surface area contributed by atoms with Crippen molar-refractivity contribution in [3.8, 4) is 5.88 Å². The predicted octanol–water partition coefficient (Wildman–Crippen LogP) is 0.900. The Labute approximate surface area is 111 Å². The first-order valence-corrected chi connectivity index (χ1v) is 6.74. The van der Waals surface area contributed by atoms with Gasteiger partial charge in [-0.1, -0.05) is 19.3 Å². The normalized spacial score (nSPS) is 16.7. The Bertz CT molecular complexity index is 541. The number of nitrogens with one attached hydrogen (secondary N) is 1. The minimum absolute atomic E-state index is 0.150. The molecule has 0 aliphatic heterocycles. The summed E-state index contributed by atoms with van der Waals surface area (Å²) in [5, 5.41) is 9.78. The second kappa shape index (κ2) is 6.06. The zero-order valence-electron chi connectivity index (χ0n) is 11.1. The molecule has 6 nitrogen and oxygen atoms in total. The number of H-pyrrole nitrogens is 1. The fourth-order valence-electron chi connectivity index (χ4n) is 2.41. The number of aromatic amines is 1. The van der Waals surface area contributed by atoms with E-state index in [9.17, 15) is 14.7 Å². The van der Waals surface area contributed by atoms with Crippen molar-refractivity contribution in [2.75, 3.05) is 6.61 Å². The van der Waals surface area contributed by atoms with Crippen molar-refractivity contribution in [1.82, 2.24) is 9.55 Å². The van der Waals surface area contributed by atoms with Gasteiger partial charge in [0.1, 0.15) is 0 Å². The molecule has 0 radical (unpaired) electrons. The highest BCUT2D eigenvalue weighted by Gasteiger charge is 2.14. The Morgan fingerprint density at radius 2 is 2.00 bits per heavy atom. The van der Waals surface area contributed by atoms with Crippen LogP contribution in [0.3, 0.4) is 0 Å². The van der Waals surface area contributed by atoms with Gasteiger partial charge in [-0.15, -0.1) is 0 Å². The first-order chi connectivity index (χ1) is 9.09. The predicted molar refractivity (Wildman–Crippen MR) is 70.5 cm³/mol. The summed E-state index contributed by atoms with van der Waals surface area (Å²) in [5.74, 6) is -0.277. The topological polar surface area (TPSA) is 84.3 Å². The van der Waals surface area contributed by atoms with E-state index in [0.29, 0.717) is 6.61 Å². The molecule has 19 heavy (non-hydrogen) atoms. The Morgan fingerprint density at radius 1 is 1.32 bits per heavy atom. The van der Waals surface area contributed by atoms with E-state index in [2.05, 4.69) is 4.98 Å². The molecular weight excluding hydrogens is 248 g/mol. The van der Waals surface area contributed by atoms with Crippen LogP contribution in [-0.2, 0) is 11.3 Å². The van der Waals surface area contributed by atoms with Crippen LogP contribution in [0, 0.1) is 6.92 Å². The molecule has 106 valence electrons. The molecule has 6 heteroatoms. The van der Waals surface area contributed by atoms with Crippen LogP contribution in [0.25, 0.3) is 0 Å². The minimum atomic E-state index is -0.597. The van der Waals surface area contributed by atoms with Crippen LogP contribution in [0.1, 0.15) is 37.7 Å². The van der Waals surface area contributed by atoms with Gasteiger partial charge in [0, 0.05) is 0 Å². The zero-order valence-corrected chi connectivity index (χ0v) is 11.1. The first-order valence-electron chi connectivity index (χ1n) is 6.74. The van der Waals surface area contributed by atoms with Gasteiger partial charge in [0.05, 0.1) is 24.8 Å². The van der Waals surface area contributed by atoms with Gasteiger partial charge in [0.25, 0.3) is 5.56 Å². The molecule has 0 atom stereocenters. The number of aromatic nitrogens is 2. The van der Waals surface area contributed by atoms with Crippen LogP contribution in [-0.4, -0.2) is 27.4 Å². The summed E-state index contributed by atoms with van der Waals surface area (Å²) in [7, 11) is 0. The Hall–Kier alpha value is -1.56. The number of hydrogen-bond donors (Lipinski definition) is 2. The van der Waals surface area contributed by atoms with E-state index >= 15 is 0 Å². The molecule has 2 N–H and O–H groups in total. The van der Waals surface area contributed by atoms with Crippen LogP contribution in [0.4, 0.5) is 0 Å². The summed E-state index contributed by atoms with van der Waals surface area (Å²) in [6.45, 7) is 2.09. The lowest BCUT2D eigenvalue weighted by molar-refractivity contribution is 0.0228. The van der Waals surface area contributed by atoms with E-state index in [1.165, 1.54) is 26.2 Å². The van der Waals surface area contributed by atoms with E-state index in [1.807, 2.05) is 0 Å². The summed E-state index contributed by atoms with van der Waals surface area (Å²) in [6.07, 6.45) is 6.02. The Balaban J connectivity index is 1.98. The third-order valence-corrected chi connectivity index (χ3v) is 3.62. The molecule has 0 spiro atoms. The minimum Gasteiger partial charge on any atom is -0.494 e. The first kappa shape index (κ1) is 13.9. The van der Waals surface area contributed by atoms with E-state index in [4.69, 9.17) is 4.74 Å². The molecule has 1 aliphatic carbocycles. The summed E-state index contributed by atoms with van der Waals surface area (Å²) in [6, 6.07) is 0. The SMILES string of the molecule is Cc1c(O)n(CCOC2CCCCC2)c(=O)[nH]c1=O. The van der Waals surface area contributed by atoms with Crippen molar-refractivity contribution in [3.63, 3.8) is 0 Å². The second-order valence-corrected chi connectivity index (χ2v) is 4.99. The van der Waals surface area contributed by atoms with E-state index in [-0.39, 0.29) is 24.1 Å². The quantitative estimate of drug-likeness (QED) is 0.849. The van der Waals surface area contributed by atoms with Gasteiger partial charge in [0.15, 0.2) is 0 Å². The number of nitrogens with zero attached hydrogens (tertiary/aromatic N) is 1. The summed E-state index contributed by atoms with van der Waals surface area (Å²) < 4.78 is 6.84. The van der Waals surface area contributed by atoms with Gasteiger partial charge in [-0.25, -0.2) is 4.79 Å². The van der Waals surface area contributed by atoms with Gasteiger partial charge < -0.3 is 9.84 Å². The van der Waals surface area contributed by atoms with Gasteiger partial charge in [-0.05, 0) is 19.8 Å². The molecule has 1 fully saturated rings. The van der Waals surface area contributed by atoms with Crippen LogP contribution in [0.5, 0.6) is 5.88 Å². The third kappa shape index (κ3) is 3.26. The smallest absolute Gasteiger partial charge is 0.331 e. The molecule has 0 aromatic carbocycles. The number of rotatable bonds is 4. The number of aromatic hydroxyl groups is 1. The number of hydrogen-bond acceptors (Lipinski definition) is 4. The largest absolute Gasteiger partial charge is 0.494 e. The average Bonchev–Trinajstić information content (AvgIpc) is 2.41. The highest BCUT2D eigenvalue weighted by Crippen LogP contribution is 2.20. The summed E-state index contributed by atoms with van der Waals surface area (Å²) >= 11 is 0. The monoisotopic (exact) mass is 268 g/mol. The molecule has 1 aliphatic rings. The molecule has 0 unspecified atom stereocenters. The van der Waals surface area contributed by atoms with Crippen molar-refractivity contribution in [2.45, 2.75) is 51.7 Å². The van der Waals surface area contributed by atoms with Gasteiger partial charge >= 0.3 is 5.69 Å². The van der Waals surface area contributed by atoms with Crippen LogP contribution >= 0.6 is 0 Å². The summed E-state index contributed by atoms with van der Waals surface area (Å²) in [4.78, 5) is 25.0. The van der Waals surface area contributed by atoms with Crippen molar-refractivity contribution >= 4 is 0 Å². The highest BCUT2D eigenvalue weighted by molar-refractivity contribution is 5.20. The molecule has 1 saturated carbocycles. The molecule has 0 amide bonds. The third-order valence-electron chi connectivity index (χ3n) is 3.62. The van der Waals surface area contributed by atoms with E-state index < -0.39 is 11.2 Å². The molecule has 0 saturated heterocycles. The van der Waals surface area contributed by atoms with Crippen molar-refractivity contribution < 1.29 is 9.84 Å². The zero-order chi connectivity index (χ0) is 13.8. The van der Waals surface area contributed by atoms with Crippen molar-refractivity contribution in [2.24, 2.45) is 0 Å². The Kier molecular flexibility index (Phi) is 4.42. The van der Waals surface area contributed by atoms with Crippen molar-refractivity contribution in [1.29, 1.82) is 0 Å². The second-order valence-electron chi connectivity index (χ2n) is 4.99. The maximum atomic E-state index is 11.6. The fraction of sp³-hybridized carbons (Fsp3) is 0.692. The lowest BCUT2D eigenvalue weighted by Crippen LogP contribution is -2.33. The van der Waals surface area contributed by atoms with E-state index in [0.717, 1.165) is 17.4 Å². The standard InChI is InChI=1S/C13H20N2O4/c1-9-11(16)14-13(18)15(12(9)17)7-8-19-10-5-3-2-4-6-10/h10,17H,2-8H2,1H3,(H,14,16,18). The molecule has 0 bridgehead atoms. The van der Waals surface area contributed by atoms with Gasteiger partial charge in [-0.2, -0.15) is 0 Å². The number of ether oxygens (including phenoxy) is 1. The Morgan fingerprint density at radius 3 is 2.68 bits per heavy atom. The van der Waals surface area contributed by atoms with Crippen LogP contribution in [0.2, 0.25) is 0 Å². The molecule has 1 aromatic rings. The van der Waals surface area contributed by atoms with E-state index in [1.54, 1.807) is 0 Å².